The second-order valence-electron chi connectivity index (χ2n) is 11.1. The third-order valence-corrected chi connectivity index (χ3v) is 7.30. The molecule has 190 valence electrons. The molecule has 2 saturated heterocycles. The van der Waals surface area contributed by atoms with E-state index in [9.17, 15) is 14.7 Å². The third-order valence-electron chi connectivity index (χ3n) is 7.30. The quantitative estimate of drug-likeness (QED) is 0.574. The van der Waals surface area contributed by atoms with Crippen LogP contribution in [0.5, 0.6) is 0 Å². The van der Waals surface area contributed by atoms with Crippen LogP contribution in [0.25, 0.3) is 0 Å². The highest BCUT2D eigenvalue weighted by molar-refractivity contribution is 5.90. The van der Waals surface area contributed by atoms with Gasteiger partial charge in [0.15, 0.2) is 0 Å². The minimum absolute atomic E-state index is 0.151. The Hall–Kier alpha value is -2.04. The Bertz CT molecular complexity index is 856. The van der Waals surface area contributed by atoms with Gasteiger partial charge in [0, 0.05) is 58.4 Å². The van der Waals surface area contributed by atoms with Crippen molar-refractivity contribution in [3.8, 4) is 0 Å². The first-order valence-corrected chi connectivity index (χ1v) is 12.6. The van der Waals surface area contributed by atoms with Crippen molar-refractivity contribution in [2.75, 3.05) is 39.8 Å². The summed E-state index contributed by atoms with van der Waals surface area (Å²) in [6, 6.07) is -1.28. The number of nitrogens with zero attached hydrogens (tertiary/aromatic N) is 5. The van der Waals surface area contributed by atoms with Crippen LogP contribution in [0, 0.1) is 5.41 Å². The molecule has 0 radical (unpaired) electrons. The van der Waals surface area contributed by atoms with Gasteiger partial charge in [-0.2, -0.15) is 0 Å². The molecule has 1 aliphatic carbocycles. The molecule has 0 bridgehead atoms. The summed E-state index contributed by atoms with van der Waals surface area (Å²) in [7, 11) is 1.75. The molecule has 4 rings (SSSR count). The molecule has 10 heteroatoms. The van der Waals surface area contributed by atoms with Crippen molar-refractivity contribution in [2.24, 2.45) is 5.41 Å². The van der Waals surface area contributed by atoms with Crippen LogP contribution >= 0.6 is 0 Å². The molecule has 34 heavy (non-hydrogen) atoms. The highest BCUT2D eigenvalue weighted by Crippen LogP contribution is 2.40. The highest BCUT2D eigenvalue weighted by Gasteiger charge is 2.45. The molecule has 1 aromatic rings. The van der Waals surface area contributed by atoms with Crippen LogP contribution in [0.2, 0.25) is 0 Å². The average molecular weight is 477 g/mol. The van der Waals surface area contributed by atoms with Crippen molar-refractivity contribution in [3.63, 3.8) is 0 Å². The lowest BCUT2D eigenvalue weighted by molar-refractivity contribution is -0.144. The van der Waals surface area contributed by atoms with Crippen LogP contribution in [0.4, 0.5) is 0 Å². The van der Waals surface area contributed by atoms with Gasteiger partial charge in [-0.15, -0.1) is 5.10 Å². The number of amides is 2. The number of methoxy groups -OCH3 is 1. The molecule has 3 atom stereocenters. The summed E-state index contributed by atoms with van der Waals surface area (Å²) in [4.78, 5) is 30.7. The number of carbonyl (C=O) groups excluding carboxylic acids is 2. The zero-order valence-electron chi connectivity index (χ0n) is 20.9. The number of aliphatic hydroxyl groups excluding tert-OH is 1. The zero-order valence-corrected chi connectivity index (χ0v) is 20.9. The van der Waals surface area contributed by atoms with Crippen molar-refractivity contribution < 1.29 is 19.4 Å². The number of hydrogen-bond donors (Lipinski definition) is 2. The molecule has 10 nitrogen and oxygen atoms in total. The van der Waals surface area contributed by atoms with Gasteiger partial charge in [0.1, 0.15) is 12.1 Å². The maximum Gasteiger partial charge on any atom is 0.248 e. The van der Waals surface area contributed by atoms with E-state index in [2.05, 4.69) is 20.5 Å². The van der Waals surface area contributed by atoms with Crippen LogP contribution in [-0.2, 0) is 14.3 Å². The van der Waals surface area contributed by atoms with Crippen molar-refractivity contribution in [2.45, 2.75) is 83.1 Å². The molecular weight excluding hydrogens is 436 g/mol. The zero-order chi connectivity index (χ0) is 24.5. The number of rotatable bonds is 8. The topological polar surface area (TPSA) is 113 Å². The number of carbonyl (C=O) groups is 2. The Balaban J connectivity index is 1.38. The maximum absolute atomic E-state index is 13.8. The lowest BCUT2D eigenvalue weighted by Gasteiger charge is -2.34. The first-order valence-electron chi connectivity index (χ1n) is 12.6. The summed E-state index contributed by atoms with van der Waals surface area (Å²) in [6.07, 6.45) is 5.95. The fraction of sp³-hybridized carbons (Fsp3) is 0.833. The van der Waals surface area contributed by atoms with Crippen LogP contribution in [0.3, 0.4) is 0 Å². The third kappa shape index (κ3) is 5.78. The number of hydrogen-bond acceptors (Lipinski definition) is 7. The summed E-state index contributed by atoms with van der Waals surface area (Å²) in [5.41, 5.74) is 0.487. The number of aromatic nitrogens is 3. The van der Waals surface area contributed by atoms with Gasteiger partial charge in [0.25, 0.3) is 0 Å². The second-order valence-corrected chi connectivity index (χ2v) is 11.1. The maximum atomic E-state index is 13.8. The molecule has 3 heterocycles. The Labute approximate surface area is 202 Å². The summed E-state index contributed by atoms with van der Waals surface area (Å²) >= 11 is 0. The fourth-order valence-electron chi connectivity index (χ4n) is 5.15. The van der Waals surface area contributed by atoms with E-state index >= 15 is 0 Å². The van der Waals surface area contributed by atoms with Crippen LogP contribution in [-0.4, -0.2) is 99.8 Å². The summed E-state index contributed by atoms with van der Waals surface area (Å²) in [5.74, 6) is 0.0385. The van der Waals surface area contributed by atoms with Crippen LogP contribution in [0.15, 0.2) is 6.20 Å². The number of nitrogens with one attached hydrogen (secondary N) is 1. The molecule has 2 amide bonds. The Morgan fingerprint density at radius 2 is 1.94 bits per heavy atom. The Morgan fingerprint density at radius 3 is 2.56 bits per heavy atom. The van der Waals surface area contributed by atoms with Crippen LogP contribution < -0.4 is 5.32 Å². The number of ether oxygens (including phenoxy) is 1. The predicted molar refractivity (Wildman–Crippen MR) is 126 cm³/mol. The van der Waals surface area contributed by atoms with Crippen molar-refractivity contribution >= 4 is 11.8 Å². The van der Waals surface area contributed by atoms with Gasteiger partial charge in [0.2, 0.25) is 11.8 Å². The Kier molecular flexibility index (Phi) is 7.59. The number of likely N-dealkylation sites (tertiary alicyclic amines) is 2. The van der Waals surface area contributed by atoms with E-state index < -0.39 is 23.6 Å². The normalized spacial score (nSPS) is 25.5. The number of β-amino-alcohol motifs (C(OH)–C–C–N with tert-alkyl or cyclic N) is 1. The molecule has 0 unspecified atom stereocenters. The van der Waals surface area contributed by atoms with Gasteiger partial charge >= 0.3 is 0 Å². The minimum atomic E-state index is -0.717. The van der Waals surface area contributed by atoms with E-state index in [0.29, 0.717) is 18.6 Å². The van der Waals surface area contributed by atoms with E-state index in [1.165, 1.54) is 0 Å². The van der Waals surface area contributed by atoms with Gasteiger partial charge in [0.05, 0.1) is 17.9 Å². The van der Waals surface area contributed by atoms with Gasteiger partial charge in [-0.05, 0) is 31.1 Å². The lowest BCUT2D eigenvalue weighted by atomic mass is 9.85. The molecule has 3 aliphatic rings. The van der Waals surface area contributed by atoms with Gasteiger partial charge in [-0.25, -0.2) is 4.68 Å². The van der Waals surface area contributed by atoms with E-state index in [1.54, 1.807) is 16.7 Å². The Morgan fingerprint density at radius 1 is 1.24 bits per heavy atom. The van der Waals surface area contributed by atoms with Gasteiger partial charge < -0.3 is 25.0 Å². The smallest absolute Gasteiger partial charge is 0.248 e. The molecule has 0 spiro atoms. The standard InChI is InChI=1S/C24H40N6O4/c1-24(2,3)21(30-15-19(26-27-30)16-5-6-16)23(33)29-14-17(31)13-20(29)22(32)25-9-12-28-10-7-18(34-4)8-11-28/h15-18,20-21,31H,5-14H2,1-4H3,(H,25,32)/t17-,20+,21-/m1/s1. The van der Waals surface area contributed by atoms with E-state index in [-0.39, 0.29) is 24.8 Å². The molecule has 2 N–H and O–H groups in total. The van der Waals surface area contributed by atoms with E-state index in [1.807, 2.05) is 27.0 Å². The summed E-state index contributed by atoms with van der Waals surface area (Å²) in [5, 5.41) is 21.9. The molecule has 2 aliphatic heterocycles. The van der Waals surface area contributed by atoms with E-state index in [0.717, 1.165) is 51.0 Å². The monoisotopic (exact) mass is 476 g/mol. The minimum Gasteiger partial charge on any atom is -0.391 e. The van der Waals surface area contributed by atoms with Crippen molar-refractivity contribution in [1.29, 1.82) is 0 Å². The molecule has 0 aromatic carbocycles. The number of piperidine rings is 1. The van der Waals surface area contributed by atoms with Gasteiger partial charge in [-0.1, -0.05) is 26.0 Å². The van der Waals surface area contributed by atoms with Gasteiger partial charge in [-0.3, -0.25) is 9.59 Å². The van der Waals surface area contributed by atoms with Crippen molar-refractivity contribution in [3.05, 3.63) is 11.9 Å². The van der Waals surface area contributed by atoms with Crippen molar-refractivity contribution in [1.82, 2.24) is 30.1 Å². The SMILES string of the molecule is COC1CCN(CCNC(=O)[C@@H]2C[C@@H](O)CN2C(=O)[C@@H](n2cc(C3CC3)nn2)C(C)(C)C)CC1. The predicted octanol–water partition coefficient (Wildman–Crippen LogP) is 0.932. The molecule has 1 aromatic heterocycles. The lowest BCUT2D eigenvalue weighted by Crippen LogP contribution is -2.51. The van der Waals surface area contributed by atoms with Crippen LogP contribution in [0.1, 0.15) is 70.5 Å². The molecule has 1 saturated carbocycles. The number of aliphatic hydroxyl groups is 1. The summed E-state index contributed by atoms with van der Waals surface area (Å²) in [6.45, 7) is 9.30. The molecular formula is C24H40N6O4. The average Bonchev–Trinajstić information content (AvgIpc) is 3.40. The van der Waals surface area contributed by atoms with E-state index in [4.69, 9.17) is 4.74 Å². The summed E-state index contributed by atoms with van der Waals surface area (Å²) < 4.78 is 7.07. The fourth-order valence-corrected chi connectivity index (χ4v) is 5.15. The molecule has 3 fully saturated rings. The second kappa shape index (κ2) is 10.3. The first-order chi connectivity index (χ1) is 16.2. The highest BCUT2D eigenvalue weighted by atomic mass is 16.5. The largest absolute Gasteiger partial charge is 0.391 e. The first kappa shape index (κ1) is 25.1.